The highest BCUT2D eigenvalue weighted by molar-refractivity contribution is 6.15. The number of aromatic nitrogens is 4. The minimum Gasteiger partial charge on any atom is -0.456 e. The summed E-state index contributed by atoms with van der Waals surface area (Å²) in [7, 11) is 0. The van der Waals surface area contributed by atoms with E-state index in [9.17, 15) is 0 Å². The van der Waals surface area contributed by atoms with Crippen LogP contribution in [-0.4, -0.2) is 19.5 Å². The normalized spacial score (nSPS) is 13.1. The molecule has 0 bridgehead atoms. The zero-order valence-electron chi connectivity index (χ0n) is 32.5. The van der Waals surface area contributed by atoms with E-state index in [1.54, 1.807) is 0 Å². The molecule has 11 aromatic rings. The predicted molar refractivity (Wildman–Crippen MR) is 241 cm³/mol. The highest BCUT2D eigenvalue weighted by Crippen LogP contribution is 2.52. The first-order chi connectivity index (χ1) is 29.0. The van der Waals surface area contributed by atoms with E-state index < -0.39 is 0 Å². The van der Waals surface area contributed by atoms with Crippen LogP contribution in [0, 0.1) is 0 Å². The zero-order valence-corrected chi connectivity index (χ0v) is 32.5. The van der Waals surface area contributed by atoms with Gasteiger partial charge in [-0.25, -0.2) is 15.0 Å². The van der Waals surface area contributed by atoms with Crippen LogP contribution in [-0.2, 0) is 5.41 Å². The summed E-state index contributed by atoms with van der Waals surface area (Å²) in [6.07, 6.45) is 0. The van der Waals surface area contributed by atoms with E-state index in [1.807, 2.05) is 18.2 Å². The standard InChI is InChI=1S/C54H36N4O/c1-54(2)42-22-11-9-20-38(42)49-40(21-13-23-43(49)54)53-56-51(34-17-7-4-8-18-34)55-52(57-53)36-27-29-39-48(32-36)59-47-26-14-25-46(50(39)47)58-44-24-12-10-19-37(44)41-31-35(28-30-45(41)58)33-15-5-3-6-16-33/h3-32H,1-2H3. The number of nitrogens with zero attached hydrogens (tertiary/aromatic N) is 4. The molecule has 0 atom stereocenters. The average molecular weight is 757 g/mol. The number of hydrogen-bond donors (Lipinski definition) is 0. The molecule has 0 aliphatic heterocycles. The van der Waals surface area contributed by atoms with Crippen molar-refractivity contribution >= 4 is 43.7 Å². The number of benzene rings is 8. The lowest BCUT2D eigenvalue weighted by atomic mass is 9.82. The van der Waals surface area contributed by atoms with Crippen molar-refractivity contribution < 1.29 is 4.42 Å². The van der Waals surface area contributed by atoms with Crippen LogP contribution < -0.4 is 0 Å². The van der Waals surface area contributed by atoms with Gasteiger partial charge in [0.05, 0.1) is 22.1 Å². The van der Waals surface area contributed by atoms with Crippen LogP contribution in [0.25, 0.3) is 106 Å². The van der Waals surface area contributed by atoms with Crippen LogP contribution in [0.5, 0.6) is 0 Å². The Morgan fingerprint density at radius 2 is 1.07 bits per heavy atom. The largest absolute Gasteiger partial charge is 0.456 e. The van der Waals surface area contributed by atoms with E-state index in [1.165, 1.54) is 44.2 Å². The Balaban J connectivity index is 1.04. The summed E-state index contributed by atoms with van der Waals surface area (Å²) in [5.74, 6) is 1.87. The highest BCUT2D eigenvalue weighted by atomic mass is 16.3. The first kappa shape index (κ1) is 33.5. The van der Waals surface area contributed by atoms with Crippen molar-refractivity contribution in [2.45, 2.75) is 19.3 Å². The second-order valence-electron chi connectivity index (χ2n) is 16.0. The molecule has 1 aliphatic carbocycles. The third kappa shape index (κ3) is 5.08. The Bertz CT molecular complexity index is 3470. The first-order valence-electron chi connectivity index (χ1n) is 20.1. The molecule has 0 radical (unpaired) electrons. The van der Waals surface area contributed by atoms with E-state index >= 15 is 0 Å². The molecular formula is C54H36N4O. The van der Waals surface area contributed by atoms with Crippen molar-refractivity contribution in [1.82, 2.24) is 19.5 Å². The van der Waals surface area contributed by atoms with Gasteiger partial charge in [-0.1, -0.05) is 153 Å². The van der Waals surface area contributed by atoms with Crippen LogP contribution in [0.4, 0.5) is 0 Å². The molecule has 0 spiro atoms. The summed E-state index contributed by atoms with van der Waals surface area (Å²) in [6, 6.07) is 64.1. The predicted octanol–water partition coefficient (Wildman–Crippen LogP) is 13.8. The summed E-state index contributed by atoms with van der Waals surface area (Å²) >= 11 is 0. The Morgan fingerprint density at radius 3 is 1.92 bits per heavy atom. The second kappa shape index (κ2) is 12.7. The summed E-state index contributed by atoms with van der Waals surface area (Å²) < 4.78 is 9.10. The molecule has 12 rings (SSSR count). The maximum atomic E-state index is 6.72. The Morgan fingerprint density at radius 1 is 0.424 bits per heavy atom. The Labute approximate surface area is 340 Å². The molecule has 0 amide bonds. The monoisotopic (exact) mass is 756 g/mol. The van der Waals surface area contributed by atoms with Crippen LogP contribution in [0.3, 0.4) is 0 Å². The molecule has 59 heavy (non-hydrogen) atoms. The fraction of sp³-hybridized carbons (Fsp3) is 0.0556. The quantitative estimate of drug-likeness (QED) is 0.175. The third-order valence-electron chi connectivity index (χ3n) is 12.3. The van der Waals surface area contributed by atoms with Gasteiger partial charge < -0.3 is 8.98 Å². The summed E-state index contributed by atoms with van der Waals surface area (Å²) in [6.45, 7) is 4.60. The van der Waals surface area contributed by atoms with E-state index in [2.05, 4.69) is 182 Å². The molecule has 278 valence electrons. The van der Waals surface area contributed by atoms with E-state index in [0.717, 1.165) is 55.3 Å². The van der Waals surface area contributed by atoms with Crippen molar-refractivity contribution in [1.29, 1.82) is 0 Å². The van der Waals surface area contributed by atoms with Gasteiger partial charge in [0, 0.05) is 38.3 Å². The van der Waals surface area contributed by atoms with Crippen LogP contribution in [0.2, 0.25) is 0 Å². The van der Waals surface area contributed by atoms with Gasteiger partial charge in [0.25, 0.3) is 0 Å². The van der Waals surface area contributed by atoms with Gasteiger partial charge in [-0.05, 0) is 75.8 Å². The summed E-state index contributed by atoms with van der Waals surface area (Å²) in [5, 5.41) is 4.52. The lowest BCUT2D eigenvalue weighted by Gasteiger charge is -2.21. The van der Waals surface area contributed by atoms with Crippen molar-refractivity contribution in [2.75, 3.05) is 0 Å². The summed E-state index contributed by atoms with van der Waals surface area (Å²) in [4.78, 5) is 15.5. The van der Waals surface area contributed by atoms with Gasteiger partial charge in [-0.3, -0.25) is 0 Å². The van der Waals surface area contributed by atoms with Crippen molar-refractivity contribution in [3.8, 4) is 62.1 Å². The lowest BCUT2D eigenvalue weighted by molar-refractivity contribution is 0.660. The van der Waals surface area contributed by atoms with E-state index in [-0.39, 0.29) is 5.41 Å². The Kier molecular flexibility index (Phi) is 7.20. The smallest absolute Gasteiger partial charge is 0.164 e. The fourth-order valence-corrected chi connectivity index (χ4v) is 9.46. The van der Waals surface area contributed by atoms with Gasteiger partial charge in [-0.2, -0.15) is 0 Å². The molecule has 0 saturated carbocycles. The molecule has 0 saturated heterocycles. The highest BCUT2D eigenvalue weighted by Gasteiger charge is 2.37. The SMILES string of the molecule is CC1(C)c2ccccc2-c2c(-c3nc(-c4ccccc4)nc(-c4ccc5c(c4)oc4cccc(-n6c7ccccc7c7cc(-c8ccccc8)ccc76)c45)n3)cccc21. The molecular weight excluding hydrogens is 721 g/mol. The minimum atomic E-state index is -0.143. The molecule has 8 aromatic carbocycles. The average Bonchev–Trinajstić information content (AvgIpc) is 3.92. The molecule has 0 N–H and O–H groups in total. The number of rotatable bonds is 5. The molecule has 5 heteroatoms. The van der Waals surface area contributed by atoms with Crippen molar-refractivity contribution in [2.24, 2.45) is 0 Å². The third-order valence-corrected chi connectivity index (χ3v) is 12.3. The van der Waals surface area contributed by atoms with Crippen molar-refractivity contribution in [3.63, 3.8) is 0 Å². The maximum absolute atomic E-state index is 6.72. The number of furan rings is 1. The van der Waals surface area contributed by atoms with Gasteiger partial charge in [-0.15, -0.1) is 0 Å². The molecule has 1 aliphatic rings. The fourth-order valence-electron chi connectivity index (χ4n) is 9.46. The lowest BCUT2D eigenvalue weighted by Crippen LogP contribution is -2.14. The second-order valence-corrected chi connectivity index (χ2v) is 16.0. The van der Waals surface area contributed by atoms with Crippen LogP contribution in [0.15, 0.2) is 186 Å². The molecule has 3 aromatic heterocycles. The summed E-state index contributed by atoms with van der Waals surface area (Å²) in [5.41, 5.74) is 15.0. The van der Waals surface area contributed by atoms with Gasteiger partial charge in [0.2, 0.25) is 0 Å². The number of para-hydroxylation sites is 1. The van der Waals surface area contributed by atoms with Crippen LogP contribution in [0.1, 0.15) is 25.0 Å². The molecule has 0 fully saturated rings. The molecule has 5 nitrogen and oxygen atoms in total. The van der Waals surface area contributed by atoms with Crippen molar-refractivity contribution in [3.05, 3.63) is 193 Å². The van der Waals surface area contributed by atoms with Gasteiger partial charge >= 0.3 is 0 Å². The van der Waals surface area contributed by atoms with E-state index in [4.69, 9.17) is 19.4 Å². The maximum Gasteiger partial charge on any atom is 0.164 e. The van der Waals surface area contributed by atoms with E-state index in [0.29, 0.717) is 17.5 Å². The Hall–Kier alpha value is -7.63. The van der Waals surface area contributed by atoms with Gasteiger partial charge in [0.15, 0.2) is 17.5 Å². The number of fused-ring (bicyclic) bond motifs is 9. The number of hydrogen-bond acceptors (Lipinski definition) is 4. The zero-order chi connectivity index (χ0) is 39.2. The first-order valence-corrected chi connectivity index (χ1v) is 20.1. The molecule has 0 unspecified atom stereocenters. The van der Waals surface area contributed by atoms with Gasteiger partial charge in [0.1, 0.15) is 11.2 Å². The topological polar surface area (TPSA) is 56.7 Å². The minimum absolute atomic E-state index is 0.143. The molecule has 3 heterocycles. The van der Waals surface area contributed by atoms with Crippen LogP contribution >= 0.6 is 0 Å².